The number of benzene rings is 3. The summed E-state index contributed by atoms with van der Waals surface area (Å²) in [5.41, 5.74) is 0. The topological polar surface area (TPSA) is 0 Å². The summed E-state index contributed by atoms with van der Waals surface area (Å²) in [5.74, 6) is 0. The zero-order chi connectivity index (χ0) is 13.2. The van der Waals surface area contributed by atoms with Gasteiger partial charge in [-0.1, -0.05) is 36.4 Å². The molecule has 0 aliphatic heterocycles. The fourth-order valence-corrected chi connectivity index (χ4v) is 4.60. The second-order valence-electron chi connectivity index (χ2n) is 4.01. The molecule has 0 aliphatic rings. The van der Waals surface area contributed by atoms with Crippen molar-refractivity contribution < 1.29 is 0 Å². The Bertz CT molecular complexity index is 483. The van der Waals surface area contributed by atoms with Gasteiger partial charge in [-0.25, -0.2) is 0 Å². The molecule has 0 heterocycles. The molecule has 0 bridgehead atoms. The van der Waals surface area contributed by atoms with Gasteiger partial charge in [-0.2, -0.15) is 0 Å². The summed E-state index contributed by atoms with van der Waals surface area (Å²) in [7, 11) is 0. The van der Waals surface area contributed by atoms with E-state index in [2.05, 4.69) is 60.7 Å². The third-order valence-electron chi connectivity index (χ3n) is 2.50. The van der Waals surface area contributed by atoms with Gasteiger partial charge in [0.2, 0.25) is 0 Å². The van der Waals surface area contributed by atoms with E-state index in [1.165, 1.54) is 7.16 Å². The van der Waals surface area contributed by atoms with Crippen molar-refractivity contribution in [3.05, 3.63) is 97.1 Å². The van der Waals surface area contributed by atoms with Crippen LogP contribution in [-0.2, 0) is 0 Å². The molecule has 0 aromatic heterocycles. The van der Waals surface area contributed by atoms with E-state index < -0.39 is 21.1 Å². The third kappa shape index (κ3) is 5.75. The molecule has 3 aromatic rings. The minimum Gasteiger partial charge on any atom is -0.0623 e. The summed E-state index contributed by atoms with van der Waals surface area (Å²) in [5, 5.41) is 0. The number of rotatable bonds is 2. The first-order valence-corrected chi connectivity index (χ1v) is 9.18. The molecule has 0 unspecified atom stereocenters. The molecule has 0 N–H and O–H groups in total. The fraction of sp³-hybridized carbons (Fsp3) is 0. The van der Waals surface area contributed by atoms with Crippen LogP contribution < -0.4 is 7.16 Å². The molecule has 0 atom stereocenters. The molecule has 0 spiro atoms. The maximum atomic E-state index is 2.24. The Morgan fingerprint density at radius 2 is 0.632 bits per heavy atom. The van der Waals surface area contributed by atoms with Gasteiger partial charge in [-0.3, -0.25) is 0 Å². The Kier molecular flexibility index (Phi) is 6.24. The molecule has 1 heteroatoms. The first-order chi connectivity index (χ1) is 9.45. The molecule has 2 radical (unpaired) electrons. The van der Waals surface area contributed by atoms with Gasteiger partial charge in [0.15, 0.2) is 0 Å². The average Bonchev–Trinajstić information content (AvgIpc) is 2.52. The van der Waals surface area contributed by atoms with Crippen molar-refractivity contribution in [2.24, 2.45) is 0 Å². The predicted octanol–water partition coefficient (Wildman–Crippen LogP) is 3.03. The molecular weight excluding hydrogens is 335 g/mol. The molecule has 0 fully saturated rings. The van der Waals surface area contributed by atoms with Crippen molar-refractivity contribution in [2.45, 2.75) is 0 Å². The zero-order valence-electron chi connectivity index (χ0n) is 10.7. The third-order valence-corrected chi connectivity index (χ3v) is 6.05. The van der Waals surface area contributed by atoms with Crippen molar-refractivity contribution >= 4 is 28.3 Å². The van der Waals surface area contributed by atoms with Gasteiger partial charge in [0.1, 0.15) is 0 Å². The van der Waals surface area contributed by atoms with E-state index in [-0.39, 0.29) is 0 Å². The summed E-state index contributed by atoms with van der Waals surface area (Å²) >= 11 is -0.517. The maximum absolute atomic E-state index is 2.24. The largest absolute Gasteiger partial charge is 0.0623 e. The summed E-state index contributed by atoms with van der Waals surface area (Å²) < 4.78 is 3.08. The van der Waals surface area contributed by atoms with E-state index in [1.54, 1.807) is 0 Å². The van der Waals surface area contributed by atoms with Gasteiger partial charge in [-0.05, 0) is 0 Å². The Morgan fingerprint density at radius 3 is 0.947 bits per heavy atom. The molecule has 19 heavy (non-hydrogen) atoms. The van der Waals surface area contributed by atoms with Crippen molar-refractivity contribution in [2.75, 3.05) is 0 Å². The van der Waals surface area contributed by atoms with Crippen molar-refractivity contribution in [3.63, 3.8) is 0 Å². The van der Waals surface area contributed by atoms with Gasteiger partial charge in [0, 0.05) is 0 Å². The van der Waals surface area contributed by atoms with E-state index in [4.69, 9.17) is 0 Å². The fourth-order valence-electron chi connectivity index (χ4n) is 1.59. The van der Waals surface area contributed by atoms with Crippen LogP contribution in [0, 0.1) is 0 Å². The van der Waals surface area contributed by atoms with Crippen LogP contribution in [0.15, 0.2) is 97.1 Å². The summed E-state index contributed by atoms with van der Waals surface area (Å²) in [6.07, 6.45) is 0. The first kappa shape index (κ1) is 13.9. The number of hydrogen-bond acceptors (Lipinski definition) is 0. The summed E-state index contributed by atoms with van der Waals surface area (Å²) in [4.78, 5) is 0. The summed E-state index contributed by atoms with van der Waals surface area (Å²) in [6, 6.07) is 33.6. The van der Waals surface area contributed by atoms with Crippen LogP contribution in [0.3, 0.4) is 0 Å². The Morgan fingerprint density at radius 1 is 0.368 bits per heavy atom. The Balaban J connectivity index is 0.000000186. The minimum absolute atomic E-state index is 0.517. The molecule has 3 rings (SSSR count). The second-order valence-corrected chi connectivity index (χ2v) is 8.02. The van der Waals surface area contributed by atoms with Crippen LogP contribution >= 0.6 is 0 Å². The van der Waals surface area contributed by atoms with Crippen LogP contribution in [0.4, 0.5) is 0 Å². The zero-order valence-corrected chi connectivity index (χ0v) is 13.6. The van der Waals surface area contributed by atoms with Gasteiger partial charge in [-0.15, -0.1) is 0 Å². The molecule has 0 nitrogen and oxygen atoms in total. The van der Waals surface area contributed by atoms with Crippen LogP contribution in [0.2, 0.25) is 0 Å². The van der Waals surface area contributed by atoms with Gasteiger partial charge in [0.05, 0.1) is 0 Å². The van der Waals surface area contributed by atoms with Crippen LogP contribution in [0.1, 0.15) is 0 Å². The van der Waals surface area contributed by atoms with E-state index in [0.29, 0.717) is 0 Å². The SMILES string of the molecule is c1cc[c]([Sn][c]2ccccc2)cc1.c1ccccc1. The Hall–Kier alpha value is -1.54. The van der Waals surface area contributed by atoms with Crippen molar-refractivity contribution in [3.8, 4) is 0 Å². The van der Waals surface area contributed by atoms with E-state index in [1.807, 2.05) is 36.4 Å². The standard InChI is InChI=1S/C6H6.2C6H5.Sn/c3*1-2-4-6-5-3-1;/h1-6H;2*1-5H;. The van der Waals surface area contributed by atoms with Crippen LogP contribution in [0.25, 0.3) is 0 Å². The average molecular weight is 351 g/mol. The van der Waals surface area contributed by atoms with Crippen LogP contribution in [-0.4, -0.2) is 21.1 Å². The second kappa shape index (κ2) is 8.54. The minimum atomic E-state index is -0.517. The van der Waals surface area contributed by atoms with Crippen molar-refractivity contribution in [1.82, 2.24) is 0 Å². The first-order valence-electron chi connectivity index (χ1n) is 6.32. The van der Waals surface area contributed by atoms with Gasteiger partial charge >= 0.3 is 89.0 Å². The van der Waals surface area contributed by atoms with Crippen molar-refractivity contribution in [1.29, 1.82) is 0 Å². The van der Waals surface area contributed by atoms with Gasteiger partial charge < -0.3 is 0 Å². The summed E-state index contributed by atoms with van der Waals surface area (Å²) in [6.45, 7) is 0. The molecule has 3 aromatic carbocycles. The molecule has 92 valence electrons. The van der Waals surface area contributed by atoms with Gasteiger partial charge in [0.25, 0.3) is 0 Å². The molecule has 0 aliphatic carbocycles. The monoisotopic (exact) mass is 352 g/mol. The van der Waals surface area contributed by atoms with E-state index >= 15 is 0 Å². The number of hydrogen-bond donors (Lipinski definition) is 0. The smallest absolute Gasteiger partial charge is 0.0623 e. The quantitative estimate of drug-likeness (QED) is 0.623. The van der Waals surface area contributed by atoms with E-state index in [0.717, 1.165) is 0 Å². The van der Waals surface area contributed by atoms with Crippen LogP contribution in [0.5, 0.6) is 0 Å². The van der Waals surface area contributed by atoms with E-state index in [9.17, 15) is 0 Å². The molecule has 0 saturated heterocycles. The Labute approximate surface area is 125 Å². The maximum Gasteiger partial charge on any atom is -0.0623 e. The normalized spacial score (nSPS) is 9.26. The predicted molar refractivity (Wildman–Crippen MR) is 84.3 cm³/mol. The molecular formula is C18H16Sn. The molecule has 0 amide bonds. The molecule has 0 saturated carbocycles.